The lowest BCUT2D eigenvalue weighted by atomic mass is 10.2. The van der Waals surface area contributed by atoms with E-state index in [1.54, 1.807) is 6.92 Å². The average Bonchev–Trinajstić information content (AvgIpc) is 2.92. The summed E-state index contributed by atoms with van der Waals surface area (Å²) in [5, 5.41) is 10.9. The van der Waals surface area contributed by atoms with E-state index in [1.807, 2.05) is 43.3 Å². The van der Waals surface area contributed by atoms with Crippen LogP contribution in [0.5, 0.6) is 0 Å². The van der Waals surface area contributed by atoms with Gasteiger partial charge in [-0.05, 0) is 31.2 Å². The van der Waals surface area contributed by atoms with Crippen molar-refractivity contribution >= 4 is 22.5 Å². The predicted octanol–water partition coefficient (Wildman–Crippen LogP) is 3.78. The van der Waals surface area contributed by atoms with Crippen LogP contribution in [0, 0.1) is 17.0 Å². The molecule has 3 aromatic rings. The molecule has 1 heterocycles. The van der Waals surface area contributed by atoms with Crippen LogP contribution in [0.2, 0.25) is 0 Å². The summed E-state index contributed by atoms with van der Waals surface area (Å²) in [4.78, 5) is 16.9. The summed E-state index contributed by atoms with van der Waals surface area (Å²) in [5.74, 6) is 0.462. The van der Waals surface area contributed by atoms with E-state index in [-0.39, 0.29) is 5.69 Å². The van der Waals surface area contributed by atoms with Crippen molar-refractivity contribution in [3.63, 3.8) is 0 Å². The Morgan fingerprint density at radius 1 is 1.18 bits per heavy atom. The predicted molar refractivity (Wildman–Crippen MR) is 85.2 cm³/mol. The molecule has 0 unspecified atom stereocenters. The first-order valence-corrected chi connectivity index (χ1v) is 6.79. The van der Waals surface area contributed by atoms with Crippen LogP contribution < -0.4 is 4.90 Å². The third kappa shape index (κ3) is 2.39. The number of non-ortho nitro benzene ring substituents is 1. The Hall–Kier alpha value is -2.89. The van der Waals surface area contributed by atoms with Crippen molar-refractivity contribution < 1.29 is 9.34 Å². The van der Waals surface area contributed by atoms with Crippen LogP contribution in [0.3, 0.4) is 0 Å². The first-order valence-electron chi connectivity index (χ1n) is 6.79. The van der Waals surface area contributed by atoms with E-state index in [4.69, 9.17) is 4.42 Å². The molecule has 0 saturated carbocycles. The van der Waals surface area contributed by atoms with E-state index in [9.17, 15) is 10.1 Å². The molecular weight excluding hydrogens is 282 g/mol. The van der Waals surface area contributed by atoms with E-state index in [2.05, 4.69) is 4.98 Å². The highest BCUT2D eigenvalue weighted by Crippen LogP contribution is 2.30. The summed E-state index contributed by atoms with van der Waals surface area (Å²) < 4.78 is 5.77. The maximum atomic E-state index is 10.9. The lowest BCUT2D eigenvalue weighted by molar-refractivity contribution is -0.384. The van der Waals surface area contributed by atoms with Gasteiger partial charge in [-0.3, -0.25) is 10.1 Å². The van der Waals surface area contributed by atoms with Crippen LogP contribution >= 0.6 is 0 Å². The van der Waals surface area contributed by atoms with Crippen molar-refractivity contribution in [2.45, 2.75) is 6.92 Å². The normalized spacial score (nSPS) is 10.9. The standard InChI is InChI=1S/C16H15N3O3/c1-10-8-13(19(20)21)9-14-15(10)22-16(17-14)11-4-6-12(7-5-11)18(2)3/h4-9H,1-3H3. The van der Waals surface area contributed by atoms with Gasteiger partial charge >= 0.3 is 0 Å². The van der Waals surface area contributed by atoms with Crippen molar-refractivity contribution in [3.05, 3.63) is 52.1 Å². The lowest BCUT2D eigenvalue weighted by Gasteiger charge is -2.11. The minimum atomic E-state index is -0.424. The number of nitrogens with zero attached hydrogens (tertiary/aromatic N) is 3. The van der Waals surface area contributed by atoms with Crippen LogP contribution in [0.25, 0.3) is 22.6 Å². The molecule has 6 heteroatoms. The largest absolute Gasteiger partial charge is 0.436 e. The zero-order valence-corrected chi connectivity index (χ0v) is 12.5. The second-order valence-corrected chi connectivity index (χ2v) is 5.33. The number of anilines is 1. The van der Waals surface area contributed by atoms with Gasteiger partial charge < -0.3 is 9.32 Å². The zero-order valence-electron chi connectivity index (χ0n) is 12.5. The Labute approximate surface area is 127 Å². The average molecular weight is 297 g/mol. The fourth-order valence-electron chi connectivity index (χ4n) is 2.31. The fraction of sp³-hybridized carbons (Fsp3) is 0.188. The Bertz CT molecular complexity index is 851. The number of hydrogen-bond acceptors (Lipinski definition) is 5. The number of oxazole rings is 1. The van der Waals surface area contributed by atoms with Gasteiger partial charge in [0.15, 0.2) is 5.58 Å². The number of aryl methyl sites for hydroxylation is 1. The number of nitro benzene ring substituents is 1. The second kappa shape index (κ2) is 5.14. The molecule has 112 valence electrons. The summed E-state index contributed by atoms with van der Waals surface area (Å²) in [6.45, 7) is 1.78. The first-order chi connectivity index (χ1) is 10.5. The molecule has 22 heavy (non-hydrogen) atoms. The Balaban J connectivity index is 2.08. The van der Waals surface area contributed by atoms with E-state index < -0.39 is 4.92 Å². The number of nitro groups is 1. The maximum Gasteiger partial charge on any atom is 0.272 e. The van der Waals surface area contributed by atoms with E-state index in [0.717, 1.165) is 11.3 Å². The highest BCUT2D eigenvalue weighted by molar-refractivity contribution is 5.81. The maximum absolute atomic E-state index is 10.9. The lowest BCUT2D eigenvalue weighted by Crippen LogP contribution is -2.07. The highest BCUT2D eigenvalue weighted by atomic mass is 16.6. The molecule has 0 N–H and O–H groups in total. The molecule has 6 nitrogen and oxygen atoms in total. The second-order valence-electron chi connectivity index (χ2n) is 5.33. The molecule has 0 spiro atoms. The fourth-order valence-corrected chi connectivity index (χ4v) is 2.31. The number of hydrogen-bond donors (Lipinski definition) is 0. The van der Waals surface area contributed by atoms with Crippen molar-refractivity contribution in [2.75, 3.05) is 19.0 Å². The number of rotatable bonds is 3. The van der Waals surface area contributed by atoms with Crippen LogP contribution in [0.1, 0.15) is 5.56 Å². The molecule has 0 radical (unpaired) electrons. The van der Waals surface area contributed by atoms with E-state index >= 15 is 0 Å². The zero-order chi connectivity index (χ0) is 15.9. The molecule has 0 fully saturated rings. The Morgan fingerprint density at radius 3 is 2.45 bits per heavy atom. The summed E-state index contributed by atoms with van der Waals surface area (Å²) in [7, 11) is 3.94. The molecule has 3 rings (SSSR count). The van der Waals surface area contributed by atoms with Gasteiger partial charge in [-0.2, -0.15) is 0 Å². The quantitative estimate of drug-likeness (QED) is 0.543. The summed E-state index contributed by atoms with van der Waals surface area (Å²) in [6, 6.07) is 10.7. The molecule has 0 saturated heterocycles. The van der Waals surface area contributed by atoms with Crippen molar-refractivity contribution in [1.29, 1.82) is 0 Å². The van der Waals surface area contributed by atoms with Crippen molar-refractivity contribution in [1.82, 2.24) is 4.98 Å². The molecule has 0 aliphatic rings. The first kappa shape index (κ1) is 14.1. The topological polar surface area (TPSA) is 72.4 Å². The Morgan fingerprint density at radius 2 is 1.86 bits per heavy atom. The smallest absolute Gasteiger partial charge is 0.272 e. The number of benzene rings is 2. The summed E-state index contributed by atoms with van der Waals surface area (Å²) in [6.07, 6.45) is 0. The summed E-state index contributed by atoms with van der Waals surface area (Å²) in [5.41, 5.74) is 3.71. The molecule has 0 atom stereocenters. The summed E-state index contributed by atoms with van der Waals surface area (Å²) >= 11 is 0. The van der Waals surface area contributed by atoms with Gasteiger partial charge in [0.1, 0.15) is 5.52 Å². The SMILES string of the molecule is Cc1cc([N+](=O)[O-])cc2nc(-c3ccc(N(C)C)cc3)oc12. The minimum Gasteiger partial charge on any atom is -0.436 e. The minimum absolute atomic E-state index is 0.0211. The van der Waals surface area contributed by atoms with Gasteiger partial charge in [-0.15, -0.1) is 0 Å². The number of fused-ring (bicyclic) bond motifs is 1. The van der Waals surface area contributed by atoms with E-state index in [1.165, 1.54) is 12.1 Å². The van der Waals surface area contributed by atoms with Gasteiger partial charge in [0.2, 0.25) is 5.89 Å². The third-order valence-electron chi connectivity index (χ3n) is 3.50. The molecule has 1 aromatic heterocycles. The van der Waals surface area contributed by atoms with Crippen LogP contribution in [-0.4, -0.2) is 24.0 Å². The molecule has 2 aromatic carbocycles. The highest BCUT2D eigenvalue weighted by Gasteiger charge is 2.15. The molecule has 0 aliphatic carbocycles. The molecule has 0 aliphatic heterocycles. The molecular formula is C16H15N3O3. The van der Waals surface area contributed by atoms with Gasteiger partial charge in [-0.25, -0.2) is 4.98 Å². The van der Waals surface area contributed by atoms with Crippen LogP contribution in [-0.2, 0) is 0 Å². The van der Waals surface area contributed by atoms with Crippen molar-refractivity contribution in [3.8, 4) is 11.5 Å². The Kier molecular flexibility index (Phi) is 3.29. The van der Waals surface area contributed by atoms with Crippen molar-refractivity contribution in [2.24, 2.45) is 0 Å². The van der Waals surface area contributed by atoms with Gasteiger partial charge in [0.05, 0.1) is 4.92 Å². The van der Waals surface area contributed by atoms with Crippen LogP contribution in [0.15, 0.2) is 40.8 Å². The molecule has 0 amide bonds. The van der Waals surface area contributed by atoms with Crippen LogP contribution in [0.4, 0.5) is 11.4 Å². The monoisotopic (exact) mass is 297 g/mol. The van der Waals surface area contributed by atoms with Gasteiger partial charge in [0, 0.05) is 43.0 Å². The van der Waals surface area contributed by atoms with E-state index in [0.29, 0.717) is 22.6 Å². The van der Waals surface area contributed by atoms with Gasteiger partial charge in [0.25, 0.3) is 5.69 Å². The third-order valence-corrected chi connectivity index (χ3v) is 3.50. The number of aromatic nitrogens is 1. The van der Waals surface area contributed by atoms with Gasteiger partial charge in [-0.1, -0.05) is 0 Å². The molecule has 0 bridgehead atoms.